The molecule has 106 valence electrons. The summed E-state index contributed by atoms with van der Waals surface area (Å²) >= 11 is 0. The van der Waals surface area contributed by atoms with E-state index in [1.54, 1.807) is 0 Å². The summed E-state index contributed by atoms with van der Waals surface area (Å²) in [6, 6.07) is 0. The first-order valence-electron chi connectivity index (χ1n) is 7.81. The van der Waals surface area contributed by atoms with Crippen LogP contribution in [0.5, 0.6) is 0 Å². The lowest BCUT2D eigenvalue weighted by atomic mass is 10.0. The fourth-order valence-corrected chi connectivity index (χ4v) is 3.84. The summed E-state index contributed by atoms with van der Waals surface area (Å²) in [6.07, 6.45) is 9.68. The van der Waals surface area contributed by atoms with E-state index >= 15 is 0 Å². The van der Waals surface area contributed by atoms with E-state index < -0.39 is 0 Å². The van der Waals surface area contributed by atoms with Gasteiger partial charge in [0.05, 0.1) is 5.69 Å². The van der Waals surface area contributed by atoms with Gasteiger partial charge in [0.15, 0.2) is 5.52 Å². The molecule has 4 rings (SSSR count). The minimum Gasteiger partial charge on any atom is -0.308 e. The number of aromatic nitrogens is 4. The van der Waals surface area contributed by atoms with Crippen molar-refractivity contribution in [1.29, 1.82) is 0 Å². The highest BCUT2D eigenvalue weighted by molar-refractivity contribution is 5.76. The minimum absolute atomic E-state index is 0.0857. The third kappa shape index (κ3) is 1.87. The number of nitrogens with zero attached hydrogens (tertiary/aromatic N) is 2. The monoisotopic (exact) mass is 272 g/mol. The lowest BCUT2D eigenvalue weighted by Crippen LogP contribution is -2.14. The Bertz CT molecular complexity index is 675. The fourth-order valence-electron chi connectivity index (χ4n) is 3.84. The van der Waals surface area contributed by atoms with Crippen LogP contribution in [0.25, 0.3) is 11.0 Å². The van der Waals surface area contributed by atoms with E-state index in [0.717, 1.165) is 29.9 Å². The van der Waals surface area contributed by atoms with Crippen molar-refractivity contribution in [3.8, 4) is 0 Å². The molecule has 2 saturated carbocycles. The average molecular weight is 272 g/mol. The van der Waals surface area contributed by atoms with E-state index in [1.807, 2.05) is 0 Å². The molecule has 5 heteroatoms. The summed E-state index contributed by atoms with van der Waals surface area (Å²) in [5.74, 6) is 1.81. The summed E-state index contributed by atoms with van der Waals surface area (Å²) in [4.78, 5) is 19.9. The van der Waals surface area contributed by atoms with Crippen molar-refractivity contribution in [2.45, 2.75) is 63.2 Å². The van der Waals surface area contributed by atoms with Gasteiger partial charge in [0.25, 0.3) is 5.56 Å². The molecule has 2 heterocycles. The second-order valence-corrected chi connectivity index (χ2v) is 6.25. The Kier molecular flexibility index (Phi) is 2.86. The minimum atomic E-state index is -0.0857. The first-order chi connectivity index (χ1) is 9.83. The van der Waals surface area contributed by atoms with Crippen molar-refractivity contribution in [1.82, 2.24) is 20.2 Å². The van der Waals surface area contributed by atoms with Gasteiger partial charge in [0.1, 0.15) is 11.3 Å². The van der Waals surface area contributed by atoms with E-state index in [-0.39, 0.29) is 5.56 Å². The predicted octanol–water partition coefficient (Wildman–Crippen LogP) is 2.96. The molecule has 20 heavy (non-hydrogen) atoms. The Balaban J connectivity index is 1.83. The Hall–Kier alpha value is -1.65. The molecule has 2 aliphatic carbocycles. The molecule has 2 N–H and O–H groups in total. The molecular formula is C15H20N4O. The van der Waals surface area contributed by atoms with Crippen molar-refractivity contribution in [2.75, 3.05) is 0 Å². The topological polar surface area (TPSA) is 74.4 Å². The number of fused-ring (bicyclic) bond motifs is 1. The van der Waals surface area contributed by atoms with Crippen LogP contribution in [0.15, 0.2) is 4.79 Å². The van der Waals surface area contributed by atoms with Crippen LogP contribution < -0.4 is 5.56 Å². The van der Waals surface area contributed by atoms with Gasteiger partial charge in [-0.15, -0.1) is 0 Å². The molecule has 0 amide bonds. The molecule has 0 bridgehead atoms. The summed E-state index contributed by atoms with van der Waals surface area (Å²) in [6.45, 7) is 0. The maximum atomic E-state index is 12.2. The first kappa shape index (κ1) is 12.1. The molecule has 0 atom stereocenters. The lowest BCUT2D eigenvalue weighted by molar-refractivity contribution is 0.666. The quantitative estimate of drug-likeness (QED) is 0.882. The van der Waals surface area contributed by atoms with Gasteiger partial charge in [-0.25, -0.2) is 4.98 Å². The largest absolute Gasteiger partial charge is 0.308 e. The smallest absolute Gasteiger partial charge is 0.279 e. The molecule has 0 aliphatic heterocycles. The molecule has 0 unspecified atom stereocenters. The SMILES string of the molecule is O=c1[nH]c(C2CCCC2)nc2c(C3CCCC3)[nH]nc12. The van der Waals surface area contributed by atoms with E-state index in [2.05, 4.69) is 15.2 Å². The van der Waals surface area contributed by atoms with Crippen LogP contribution >= 0.6 is 0 Å². The molecule has 2 aromatic heterocycles. The molecule has 0 radical (unpaired) electrons. The third-order valence-electron chi connectivity index (χ3n) is 4.96. The van der Waals surface area contributed by atoms with E-state index in [4.69, 9.17) is 4.98 Å². The molecule has 2 aromatic rings. The summed E-state index contributed by atoms with van der Waals surface area (Å²) < 4.78 is 0. The van der Waals surface area contributed by atoms with Crippen LogP contribution in [-0.2, 0) is 0 Å². The first-order valence-corrected chi connectivity index (χ1v) is 7.81. The number of aromatic amines is 2. The van der Waals surface area contributed by atoms with Crippen LogP contribution in [0, 0.1) is 0 Å². The van der Waals surface area contributed by atoms with E-state index in [0.29, 0.717) is 17.4 Å². The van der Waals surface area contributed by atoms with Gasteiger partial charge in [0, 0.05) is 11.8 Å². The second-order valence-electron chi connectivity index (χ2n) is 6.25. The van der Waals surface area contributed by atoms with Crippen LogP contribution in [-0.4, -0.2) is 20.2 Å². The molecule has 0 saturated heterocycles. The lowest BCUT2D eigenvalue weighted by Gasteiger charge is -2.09. The van der Waals surface area contributed by atoms with Crippen molar-refractivity contribution in [3.63, 3.8) is 0 Å². The Morgan fingerprint density at radius 3 is 2.25 bits per heavy atom. The zero-order valence-corrected chi connectivity index (χ0v) is 11.6. The predicted molar refractivity (Wildman–Crippen MR) is 76.9 cm³/mol. The highest BCUT2D eigenvalue weighted by Crippen LogP contribution is 2.36. The van der Waals surface area contributed by atoms with E-state index in [9.17, 15) is 4.79 Å². The van der Waals surface area contributed by atoms with Gasteiger partial charge in [-0.3, -0.25) is 9.89 Å². The highest BCUT2D eigenvalue weighted by atomic mass is 16.1. The second kappa shape index (κ2) is 4.72. The van der Waals surface area contributed by atoms with Gasteiger partial charge in [-0.1, -0.05) is 25.7 Å². The van der Waals surface area contributed by atoms with Crippen molar-refractivity contribution in [2.24, 2.45) is 0 Å². The van der Waals surface area contributed by atoms with Crippen molar-refractivity contribution in [3.05, 3.63) is 21.9 Å². The van der Waals surface area contributed by atoms with E-state index in [1.165, 1.54) is 38.5 Å². The number of H-pyrrole nitrogens is 2. The van der Waals surface area contributed by atoms with Crippen LogP contribution in [0.4, 0.5) is 0 Å². The number of hydrogen-bond acceptors (Lipinski definition) is 3. The average Bonchev–Trinajstić information content (AvgIpc) is 3.19. The van der Waals surface area contributed by atoms with Crippen molar-refractivity contribution < 1.29 is 0 Å². The Labute approximate surface area is 117 Å². The normalized spacial score (nSPS) is 21.2. The van der Waals surface area contributed by atoms with Gasteiger partial charge >= 0.3 is 0 Å². The maximum absolute atomic E-state index is 12.2. The number of nitrogens with one attached hydrogen (secondary N) is 2. The standard InChI is InChI=1S/C15H20N4O/c20-15-13-12(11(18-19-13)9-5-1-2-6-9)16-14(17-15)10-7-3-4-8-10/h9-10H,1-8H2,(H,18,19)(H,16,17,20). The molecule has 0 spiro atoms. The van der Waals surface area contributed by atoms with Gasteiger partial charge < -0.3 is 4.98 Å². The van der Waals surface area contributed by atoms with Gasteiger partial charge in [0.2, 0.25) is 0 Å². The molecule has 5 nitrogen and oxygen atoms in total. The maximum Gasteiger partial charge on any atom is 0.279 e. The van der Waals surface area contributed by atoms with Crippen LogP contribution in [0.2, 0.25) is 0 Å². The summed E-state index contributed by atoms with van der Waals surface area (Å²) in [5, 5.41) is 7.28. The zero-order valence-electron chi connectivity index (χ0n) is 11.6. The third-order valence-corrected chi connectivity index (χ3v) is 4.96. The van der Waals surface area contributed by atoms with Crippen LogP contribution in [0.3, 0.4) is 0 Å². The Morgan fingerprint density at radius 2 is 1.55 bits per heavy atom. The van der Waals surface area contributed by atoms with Crippen LogP contribution in [0.1, 0.15) is 74.7 Å². The summed E-state index contributed by atoms with van der Waals surface area (Å²) in [5.41, 5.74) is 2.30. The molecular weight excluding hydrogens is 252 g/mol. The van der Waals surface area contributed by atoms with Crippen molar-refractivity contribution >= 4 is 11.0 Å². The molecule has 2 aliphatic rings. The summed E-state index contributed by atoms with van der Waals surface area (Å²) in [7, 11) is 0. The Morgan fingerprint density at radius 1 is 0.900 bits per heavy atom. The van der Waals surface area contributed by atoms with Gasteiger partial charge in [-0.2, -0.15) is 5.10 Å². The zero-order chi connectivity index (χ0) is 13.5. The molecule has 0 aromatic carbocycles. The fraction of sp³-hybridized carbons (Fsp3) is 0.667. The number of rotatable bonds is 2. The number of hydrogen-bond donors (Lipinski definition) is 2. The van der Waals surface area contributed by atoms with Gasteiger partial charge in [-0.05, 0) is 25.7 Å². The molecule has 2 fully saturated rings. The highest BCUT2D eigenvalue weighted by Gasteiger charge is 2.25.